The summed E-state index contributed by atoms with van der Waals surface area (Å²) in [7, 11) is 0. The first kappa shape index (κ1) is 17.9. The van der Waals surface area contributed by atoms with Crippen LogP contribution in [0, 0.1) is 0 Å². The van der Waals surface area contributed by atoms with Gasteiger partial charge in [0, 0.05) is 17.1 Å². The maximum atomic E-state index is 11.8. The van der Waals surface area contributed by atoms with E-state index in [0.717, 1.165) is 17.5 Å². The molecule has 0 atom stereocenters. The molecular formula is C18H17ClN4O3. The standard InChI is InChI=1S/C18H17ClN4O3/c1-2-7-20-18(24)15-8-22-16(9-21-15)25-10-13-11-26-23-17(13)12-3-5-14(19)6-4-12/h3-6,8-9,11H,2,7,10H2,1H3,(H,20,24). The number of aromatic nitrogens is 3. The van der Waals surface area contributed by atoms with Crippen LogP contribution in [0.15, 0.2) is 47.4 Å². The van der Waals surface area contributed by atoms with Crippen molar-refractivity contribution in [3.8, 4) is 17.1 Å². The summed E-state index contributed by atoms with van der Waals surface area (Å²) in [6, 6.07) is 7.27. The highest BCUT2D eigenvalue weighted by Gasteiger charge is 2.12. The summed E-state index contributed by atoms with van der Waals surface area (Å²) in [6.45, 7) is 2.78. The van der Waals surface area contributed by atoms with E-state index in [9.17, 15) is 4.79 Å². The number of carbonyl (C=O) groups is 1. The van der Waals surface area contributed by atoms with Crippen molar-refractivity contribution >= 4 is 17.5 Å². The highest BCUT2D eigenvalue weighted by Crippen LogP contribution is 2.24. The van der Waals surface area contributed by atoms with Crippen molar-refractivity contribution in [1.29, 1.82) is 0 Å². The van der Waals surface area contributed by atoms with Gasteiger partial charge in [-0.3, -0.25) is 4.79 Å². The minimum absolute atomic E-state index is 0.206. The number of ether oxygens (including phenoxy) is 1. The number of nitrogens with zero attached hydrogens (tertiary/aromatic N) is 3. The largest absolute Gasteiger partial charge is 0.471 e. The van der Waals surface area contributed by atoms with E-state index in [0.29, 0.717) is 23.1 Å². The molecule has 1 N–H and O–H groups in total. The molecule has 0 bridgehead atoms. The number of nitrogens with one attached hydrogen (secondary N) is 1. The van der Waals surface area contributed by atoms with Crippen LogP contribution in [0.4, 0.5) is 0 Å². The lowest BCUT2D eigenvalue weighted by Gasteiger charge is -2.06. The summed E-state index contributed by atoms with van der Waals surface area (Å²) in [6.07, 6.45) is 5.17. The number of amides is 1. The van der Waals surface area contributed by atoms with Gasteiger partial charge < -0.3 is 14.6 Å². The molecule has 3 rings (SSSR count). The molecule has 0 aliphatic rings. The van der Waals surface area contributed by atoms with Gasteiger partial charge in [-0.15, -0.1) is 0 Å². The second-order valence-electron chi connectivity index (χ2n) is 5.48. The average molecular weight is 373 g/mol. The van der Waals surface area contributed by atoms with Gasteiger partial charge in [-0.1, -0.05) is 35.8 Å². The van der Waals surface area contributed by atoms with Crippen molar-refractivity contribution in [1.82, 2.24) is 20.4 Å². The Hall–Kier alpha value is -2.93. The molecule has 0 spiro atoms. The molecule has 1 aromatic carbocycles. The van der Waals surface area contributed by atoms with Crippen molar-refractivity contribution in [2.75, 3.05) is 6.54 Å². The molecule has 0 saturated heterocycles. The van der Waals surface area contributed by atoms with Crippen molar-refractivity contribution in [3.63, 3.8) is 0 Å². The number of hydrogen-bond acceptors (Lipinski definition) is 6. The molecular weight excluding hydrogens is 356 g/mol. The smallest absolute Gasteiger partial charge is 0.271 e. The van der Waals surface area contributed by atoms with E-state index in [1.54, 1.807) is 12.1 Å². The molecule has 0 fully saturated rings. The van der Waals surface area contributed by atoms with Crippen LogP contribution in [-0.4, -0.2) is 27.6 Å². The van der Waals surface area contributed by atoms with Gasteiger partial charge in [-0.25, -0.2) is 9.97 Å². The Morgan fingerprint density at radius 1 is 1.23 bits per heavy atom. The van der Waals surface area contributed by atoms with Gasteiger partial charge in [-0.2, -0.15) is 0 Å². The summed E-state index contributed by atoms with van der Waals surface area (Å²) < 4.78 is 10.7. The van der Waals surface area contributed by atoms with Crippen molar-refractivity contribution < 1.29 is 14.1 Å². The molecule has 134 valence electrons. The molecule has 0 unspecified atom stereocenters. The third-order valence-corrected chi connectivity index (χ3v) is 3.78. The SMILES string of the molecule is CCCNC(=O)c1cnc(OCc2conc2-c2ccc(Cl)cc2)cn1. The van der Waals surface area contributed by atoms with Crippen LogP contribution < -0.4 is 10.1 Å². The third kappa shape index (κ3) is 4.37. The zero-order chi connectivity index (χ0) is 18.4. The lowest BCUT2D eigenvalue weighted by Crippen LogP contribution is -2.25. The maximum Gasteiger partial charge on any atom is 0.271 e. The minimum Gasteiger partial charge on any atom is -0.471 e. The van der Waals surface area contributed by atoms with E-state index in [1.807, 2.05) is 19.1 Å². The van der Waals surface area contributed by atoms with Crippen LogP contribution in [0.25, 0.3) is 11.3 Å². The molecule has 2 heterocycles. The molecule has 26 heavy (non-hydrogen) atoms. The second kappa shape index (κ2) is 8.44. The zero-order valence-electron chi connectivity index (χ0n) is 14.1. The van der Waals surface area contributed by atoms with Gasteiger partial charge in [0.25, 0.3) is 5.91 Å². The van der Waals surface area contributed by atoms with E-state index >= 15 is 0 Å². The molecule has 2 aromatic heterocycles. The fourth-order valence-electron chi connectivity index (χ4n) is 2.19. The van der Waals surface area contributed by atoms with Gasteiger partial charge in [0.05, 0.1) is 18.0 Å². The number of carbonyl (C=O) groups excluding carboxylic acids is 1. The Balaban J connectivity index is 1.64. The monoisotopic (exact) mass is 372 g/mol. The first-order valence-electron chi connectivity index (χ1n) is 8.09. The fourth-order valence-corrected chi connectivity index (χ4v) is 2.32. The Morgan fingerprint density at radius 3 is 2.73 bits per heavy atom. The van der Waals surface area contributed by atoms with E-state index in [1.165, 1.54) is 18.7 Å². The molecule has 3 aromatic rings. The van der Waals surface area contributed by atoms with Gasteiger partial charge >= 0.3 is 0 Å². The number of hydrogen-bond donors (Lipinski definition) is 1. The van der Waals surface area contributed by atoms with Crippen LogP contribution in [0.2, 0.25) is 5.02 Å². The van der Waals surface area contributed by atoms with Gasteiger partial charge in [0.2, 0.25) is 5.88 Å². The first-order chi connectivity index (χ1) is 12.7. The molecule has 8 heteroatoms. The third-order valence-electron chi connectivity index (χ3n) is 3.53. The first-order valence-corrected chi connectivity index (χ1v) is 8.47. The topological polar surface area (TPSA) is 90.1 Å². The van der Waals surface area contributed by atoms with E-state index in [4.69, 9.17) is 20.9 Å². The highest BCUT2D eigenvalue weighted by atomic mass is 35.5. The van der Waals surface area contributed by atoms with E-state index in [2.05, 4.69) is 20.4 Å². The number of halogens is 1. The Labute approximate surface area is 155 Å². The Bertz CT molecular complexity index is 863. The summed E-state index contributed by atoms with van der Waals surface area (Å²) >= 11 is 5.90. The average Bonchev–Trinajstić information content (AvgIpc) is 3.14. The molecule has 7 nitrogen and oxygen atoms in total. The molecule has 0 aliphatic heterocycles. The minimum atomic E-state index is -0.255. The number of rotatable bonds is 7. The molecule has 0 aliphatic carbocycles. The predicted molar refractivity (Wildman–Crippen MR) is 95.9 cm³/mol. The van der Waals surface area contributed by atoms with Crippen molar-refractivity contribution in [3.05, 3.63) is 59.2 Å². The molecule has 1 amide bonds. The maximum absolute atomic E-state index is 11.8. The van der Waals surface area contributed by atoms with Crippen LogP contribution in [0.1, 0.15) is 29.4 Å². The van der Waals surface area contributed by atoms with E-state index < -0.39 is 0 Å². The van der Waals surface area contributed by atoms with Crippen LogP contribution in [-0.2, 0) is 6.61 Å². The van der Waals surface area contributed by atoms with Gasteiger partial charge in [0.15, 0.2) is 0 Å². The van der Waals surface area contributed by atoms with E-state index in [-0.39, 0.29) is 18.2 Å². The molecule has 0 radical (unpaired) electrons. The van der Waals surface area contributed by atoms with Gasteiger partial charge in [0.1, 0.15) is 24.3 Å². The summed E-state index contributed by atoms with van der Waals surface area (Å²) in [5, 5.41) is 7.39. The van der Waals surface area contributed by atoms with Crippen molar-refractivity contribution in [2.24, 2.45) is 0 Å². The number of benzene rings is 1. The fraction of sp³-hybridized carbons (Fsp3) is 0.222. The summed E-state index contributed by atoms with van der Waals surface area (Å²) in [5.74, 6) is 0.0512. The van der Waals surface area contributed by atoms with Crippen LogP contribution in [0.5, 0.6) is 5.88 Å². The lowest BCUT2D eigenvalue weighted by atomic mass is 10.1. The normalized spacial score (nSPS) is 10.5. The molecule has 0 saturated carbocycles. The predicted octanol–water partition coefficient (Wildman–Crippen LogP) is 3.50. The van der Waals surface area contributed by atoms with Crippen molar-refractivity contribution in [2.45, 2.75) is 20.0 Å². The van der Waals surface area contributed by atoms with Crippen LogP contribution >= 0.6 is 11.6 Å². The van der Waals surface area contributed by atoms with Gasteiger partial charge in [-0.05, 0) is 18.6 Å². The Morgan fingerprint density at radius 2 is 2.04 bits per heavy atom. The highest BCUT2D eigenvalue weighted by molar-refractivity contribution is 6.30. The zero-order valence-corrected chi connectivity index (χ0v) is 14.9. The second-order valence-corrected chi connectivity index (χ2v) is 5.92. The summed E-state index contributed by atoms with van der Waals surface area (Å²) in [4.78, 5) is 20.0. The summed E-state index contributed by atoms with van der Waals surface area (Å²) in [5.41, 5.74) is 2.55. The van der Waals surface area contributed by atoms with Crippen LogP contribution in [0.3, 0.4) is 0 Å². The Kier molecular flexibility index (Phi) is 5.80. The lowest BCUT2D eigenvalue weighted by molar-refractivity contribution is 0.0948. The quantitative estimate of drug-likeness (QED) is 0.682.